The van der Waals surface area contributed by atoms with Crippen LogP contribution in [0, 0.1) is 0 Å². The summed E-state index contributed by atoms with van der Waals surface area (Å²) in [4.78, 5) is 10.1. The predicted molar refractivity (Wildman–Crippen MR) is 30.7 cm³/mol. The van der Waals surface area contributed by atoms with Crippen molar-refractivity contribution in [3.8, 4) is 0 Å². The fraction of sp³-hybridized carbons (Fsp3) is 0.750. The van der Waals surface area contributed by atoms with Crippen LogP contribution in [0.25, 0.3) is 0 Å². The topological polar surface area (TPSA) is 81.6 Å². The van der Waals surface area contributed by atoms with E-state index in [4.69, 9.17) is 10.2 Å². The molecule has 0 fully saturated rings. The number of carboxylic acids is 1. The van der Waals surface area contributed by atoms with Crippen LogP contribution < -0.4 is 10.9 Å². The van der Waals surface area contributed by atoms with Crippen molar-refractivity contribution < 1.29 is 15.0 Å². The predicted octanol–water partition coefficient (Wildman–Crippen LogP) is -1.84. The average molecular weight is 134 g/mol. The van der Waals surface area contributed by atoms with Crippen molar-refractivity contribution >= 4 is 5.97 Å². The summed E-state index contributed by atoms with van der Waals surface area (Å²) in [6.45, 7) is -0.420. The molecule has 0 aliphatic carbocycles. The maximum absolute atomic E-state index is 10.1. The summed E-state index contributed by atoms with van der Waals surface area (Å²) in [6.07, 6.45) is 0. The molecule has 0 aromatic carbocycles. The van der Waals surface area contributed by atoms with E-state index in [0.717, 1.165) is 0 Å². The molecule has 0 spiro atoms. The largest absolute Gasteiger partial charge is 0.480 e. The molecular formula is C4H10N2O3. The molecule has 0 bridgehead atoms. The molecule has 0 saturated carbocycles. The normalized spacial score (nSPS) is 13.1. The number of carbonyl (C=O) groups is 1. The Morgan fingerprint density at radius 1 is 1.78 bits per heavy atom. The maximum Gasteiger partial charge on any atom is 0.324 e. The Labute approximate surface area is 52.7 Å². The molecule has 5 heteroatoms. The highest BCUT2D eigenvalue weighted by Crippen LogP contribution is 1.76. The second-order valence-electron chi connectivity index (χ2n) is 1.47. The van der Waals surface area contributed by atoms with E-state index in [1.54, 1.807) is 0 Å². The van der Waals surface area contributed by atoms with Gasteiger partial charge < -0.3 is 10.2 Å². The van der Waals surface area contributed by atoms with E-state index < -0.39 is 18.6 Å². The van der Waals surface area contributed by atoms with Crippen LogP contribution in [-0.2, 0) is 4.79 Å². The summed E-state index contributed by atoms with van der Waals surface area (Å²) in [5, 5.41) is 16.6. The molecule has 0 saturated heterocycles. The molecular weight excluding hydrogens is 124 g/mol. The molecule has 0 heterocycles. The van der Waals surface area contributed by atoms with Crippen LogP contribution in [0.5, 0.6) is 0 Å². The van der Waals surface area contributed by atoms with Gasteiger partial charge in [0.1, 0.15) is 6.04 Å². The minimum Gasteiger partial charge on any atom is -0.480 e. The average Bonchev–Trinajstić information content (AvgIpc) is 1.82. The van der Waals surface area contributed by atoms with Gasteiger partial charge in [-0.2, -0.15) is 0 Å². The van der Waals surface area contributed by atoms with Gasteiger partial charge in [-0.3, -0.25) is 10.2 Å². The van der Waals surface area contributed by atoms with Crippen molar-refractivity contribution in [1.82, 2.24) is 10.9 Å². The van der Waals surface area contributed by atoms with Crippen LogP contribution >= 0.6 is 0 Å². The smallest absolute Gasteiger partial charge is 0.324 e. The summed E-state index contributed by atoms with van der Waals surface area (Å²) in [5.74, 6) is -1.08. The first-order valence-corrected chi connectivity index (χ1v) is 2.48. The van der Waals surface area contributed by atoms with Crippen LogP contribution in [0.3, 0.4) is 0 Å². The van der Waals surface area contributed by atoms with Gasteiger partial charge in [0.05, 0.1) is 6.61 Å². The third-order valence-electron chi connectivity index (χ3n) is 0.799. The van der Waals surface area contributed by atoms with Gasteiger partial charge in [0.2, 0.25) is 0 Å². The highest BCUT2D eigenvalue weighted by molar-refractivity contribution is 5.73. The molecule has 1 atom stereocenters. The number of aliphatic hydroxyl groups excluding tert-OH is 1. The minimum atomic E-state index is -1.08. The lowest BCUT2D eigenvalue weighted by atomic mass is 10.3. The van der Waals surface area contributed by atoms with E-state index in [-0.39, 0.29) is 0 Å². The molecule has 9 heavy (non-hydrogen) atoms. The molecule has 0 amide bonds. The summed E-state index contributed by atoms with van der Waals surface area (Å²) in [5.41, 5.74) is 4.74. The number of carboxylic acid groups (broad SMARTS) is 1. The van der Waals surface area contributed by atoms with Gasteiger partial charge in [-0.1, -0.05) is 0 Å². The number of hydrazine groups is 1. The number of hydrogen-bond donors (Lipinski definition) is 4. The zero-order valence-electron chi connectivity index (χ0n) is 5.09. The Balaban J connectivity index is 3.54. The van der Waals surface area contributed by atoms with E-state index in [0.29, 0.717) is 0 Å². The summed E-state index contributed by atoms with van der Waals surface area (Å²) >= 11 is 0. The van der Waals surface area contributed by atoms with Gasteiger partial charge in [0, 0.05) is 0 Å². The molecule has 0 radical (unpaired) electrons. The van der Waals surface area contributed by atoms with Crippen LogP contribution in [0.1, 0.15) is 0 Å². The fourth-order valence-electron chi connectivity index (χ4n) is 0.360. The van der Waals surface area contributed by atoms with Crippen molar-refractivity contribution in [3.05, 3.63) is 0 Å². The van der Waals surface area contributed by atoms with Gasteiger partial charge in [-0.15, -0.1) is 0 Å². The van der Waals surface area contributed by atoms with Crippen LogP contribution in [0.4, 0.5) is 0 Å². The Bertz CT molecular complexity index is 95.8. The van der Waals surface area contributed by atoms with Crippen LogP contribution in [0.15, 0.2) is 0 Å². The van der Waals surface area contributed by atoms with Gasteiger partial charge in [0.25, 0.3) is 0 Å². The van der Waals surface area contributed by atoms with E-state index in [1.807, 2.05) is 0 Å². The monoisotopic (exact) mass is 134 g/mol. The molecule has 0 aliphatic heterocycles. The quantitative estimate of drug-likeness (QED) is 0.339. The van der Waals surface area contributed by atoms with Crippen molar-refractivity contribution in [3.63, 3.8) is 0 Å². The standard InChI is InChI=1S/C4H10N2O3/c1-5-6-3(2-7)4(8)9/h3,5-7H,2H2,1H3,(H,8,9). The lowest BCUT2D eigenvalue weighted by Gasteiger charge is -2.08. The Hall–Kier alpha value is -0.650. The molecule has 0 rings (SSSR count). The third kappa shape index (κ3) is 3.02. The van der Waals surface area contributed by atoms with Crippen LogP contribution in [0.2, 0.25) is 0 Å². The second kappa shape index (κ2) is 4.25. The molecule has 0 aromatic rings. The molecule has 4 N–H and O–H groups in total. The first-order chi connectivity index (χ1) is 4.22. The van der Waals surface area contributed by atoms with Crippen LogP contribution in [-0.4, -0.2) is 35.9 Å². The van der Waals surface area contributed by atoms with E-state index in [2.05, 4.69) is 10.9 Å². The lowest BCUT2D eigenvalue weighted by Crippen LogP contribution is -2.45. The number of hydrogen-bond acceptors (Lipinski definition) is 4. The minimum absolute atomic E-state index is 0.420. The Morgan fingerprint density at radius 2 is 2.33 bits per heavy atom. The van der Waals surface area contributed by atoms with Crippen molar-refractivity contribution in [2.45, 2.75) is 6.04 Å². The van der Waals surface area contributed by atoms with Crippen molar-refractivity contribution in [2.75, 3.05) is 13.7 Å². The highest BCUT2D eigenvalue weighted by Gasteiger charge is 2.13. The van der Waals surface area contributed by atoms with Crippen molar-refractivity contribution in [1.29, 1.82) is 0 Å². The molecule has 0 aliphatic rings. The number of rotatable bonds is 4. The highest BCUT2D eigenvalue weighted by atomic mass is 16.4. The summed E-state index contributed by atoms with van der Waals surface area (Å²) < 4.78 is 0. The SMILES string of the molecule is CNNC(CO)C(=O)O. The maximum atomic E-state index is 10.1. The number of aliphatic carboxylic acids is 1. The lowest BCUT2D eigenvalue weighted by molar-refractivity contribution is -0.140. The summed E-state index contributed by atoms with van der Waals surface area (Å²) in [6, 6.07) is -0.921. The molecule has 5 nitrogen and oxygen atoms in total. The third-order valence-corrected chi connectivity index (χ3v) is 0.799. The molecule has 54 valence electrons. The second-order valence-corrected chi connectivity index (χ2v) is 1.47. The van der Waals surface area contributed by atoms with Crippen molar-refractivity contribution in [2.24, 2.45) is 0 Å². The van der Waals surface area contributed by atoms with E-state index >= 15 is 0 Å². The molecule has 1 unspecified atom stereocenters. The van der Waals surface area contributed by atoms with E-state index in [1.165, 1.54) is 7.05 Å². The zero-order valence-corrected chi connectivity index (χ0v) is 5.09. The van der Waals surface area contributed by atoms with Gasteiger partial charge in [-0.25, -0.2) is 5.43 Å². The number of nitrogens with one attached hydrogen (secondary N) is 2. The fourth-order valence-corrected chi connectivity index (χ4v) is 0.360. The first-order valence-electron chi connectivity index (χ1n) is 2.48. The Kier molecular flexibility index (Phi) is 3.94. The van der Waals surface area contributed by atoms with Gasteiger partial charge in [-0.05, 0) is 7.05 Å². The number of aliphatic hydroxyl groups is 1. The van der Waals surface area contributed by atoms with Gasteiger partial charge >= 0.3 is 5.97 Å². The Morgan fingerprint density at radius 3 is 2.44 bits per heavy atom. The van der Waals surface area contributed by atoms with Gasteiger partial charge in [0.15, 0.2) is 0 Å². The summed E-state index contributed by atoms with van der Waals surface area (Å²) in [7, 11) is 1.53. The first kappa shape index (κ1) is 8.35. The molecule has 0 aromatic heterocycles. The van der Waals surface area contributed by atoms with E-state index in [9.17, 15) is 4.79 Å². The zero-order chi connectivity index (χ0) is 7.28.